The van der Waals surface area contributed by atoms with Crippen molar-refractivity contribution in [2.24, 2.45) is 0 Å². The molecule has 5 atom stereocenters. The number of imide groups is 1. The van der Waals surface area contributed by atoms with Gasteiger partial charge in [0.05, 0.1) is 24.3 Å². The van der Waals surface area contributed by atoms with Crippen LogP contribution in [0.2, 0.25) is 0 Å². The first-order valence-electron chi connectivity index (χ1n) is 11.4. The summed E-state index contributed by atoms with van der Waals surface area (Å²) in [5.41, 5.74) is 0.649. The van der Waals surface area contributed by atoms with Crippen LogP contribution in [0.5, 0.6) is 0 Å². The minimum Gasteiger partial charge on any atom is -0.394 e. The zero-order valence-corrected chi connectivity index (χ0v) is 19.6. The number of benzene rings is 3. The zero-order chi connectivity index (χ0) is 24.4. The number of fused-ring (bicyclic) bond motifs is 1. The van der Waals surface area contributed by atoms with Crippen molar-refractivity contribution >= 4 is 23.6 Å². The van der Waals surface area contributed by atoms with E-state index in [1.165, 1.54) is 11.8 Å². The Kier molecular flexibility index (Phi) is 6.99. The quantitative estimate of drug-likeness (QED) is 0.490. The van der Waals surface area contributed by atoms with E-state index in [1.54, 1.807) is 24.3 Å². The first kappa shape index (κ1) is 23.7. The van der Waals surface area contributed by atoms with E-state index in [0.29, 0.717) is 11.1 Å². The summed E-state index contributed by atoms with van der Waals surface area (Å²) in [4.78, 5) is 28.6. The molecule has 0 radical (unpaired) electrons. The maximum absolute atomic E-state index is 13.3. The van der Waals surface area contributed by atoms with Gasteiger partial charge in [-0.25, -0.2) is 0 Å². The third-order valence-electron chi connectivity index (χ3n) is 6.22. The lowest BCUT2D eigenvalue weighted by Gasteiger charge is -2.46. The minimum absolute atomic E-state index is 0.174. The van der Waals surface area contributed by atoms with Gasteiger partial charge in [-0.2, -0.15) is 0 Å². The molecule has 180 valence electrons. The molecular weight excluding hydrogens is 466 g/mol. The molecule has 0 unspecified atom stereocenters. The van der Waals surface area contributed by atoms with Crippen molar-refractivity contribution < 1.29 is 29.3 Å². The first-order valence-corrected chi connectivity index (χ1v) is 12.2. The van der Waals surface area contributed by atoms with Crippen LogP contribution in [-0.2, 0) is 16.1 Å². The molecule has 0 bridgehead atoms. The molecule has 2 aliphatic rings. The van der Waals surface area contributed by atoms with Crippen LogP contribution in [0.4, 0.5) is 0 Å². The molecule has 2 aliphatic heterocycles. The summed E-state index contributed by atoms with van der Waals surface area (Å²) in [7, 11) is 0. The van der Waals surface area contributed by atoms with E-state index in [1.807, 2.05) is 60.7 Å². The summed E-state index contributed by atoms with van der Waals surface area (Å²) in [5, 5.41) is 21.6. The number of amides is 2. The van der Waals surface area contributed by atoms with Crippen molar-refractivity contribution in [3.63, 3.8) is 0 Å². The van der Waals surface area contributed by atoms with Gasteiger partial charge in [-0.05, 0) is 29.8 Å². The molecule has 7 nitrogen and oxygen atoms in total. The summed E-state index contributed by atoms with van der Waals surface area (Å²) < 4.78 is 12.2. The summed E-state index contributed by atoms with van der Waals surface area (Å²) >= 11 is 1.29. The predicted octanol–water partition coefficient (Wildman–Crippen LogP) is 3.11. The zero-order valence-electron chi connectivity index (χ0n) is 18.8. The van der Waals surface area contributed by atoms with E-state index in [9.17, 15) is 19.8 Å². The van der Waals surface area contributed by atoms with Crippen LogP contribution >= 0.6 is 11.8 Å². The third kappa shape index (κ3) is 4.63. The molecule has 0 aliphatic carbocycles. The summed E-state index contributed by atoms with van der Waals surface area (Å²) in [5.74, 6) is -0.970. The number of ether oxygens (including phenoxy) is 2. The van der Waals surface area contributed by atoms with E-state index in [0.717, 1.165) is 15.4 Å². The van der Waals surface area contributed by atoms with Gasteiger partial charge in [0.25, 0.3) is 11.8 Å². The van der Waals surface area contributed by atoms with Crippen LogP contribution in [0, 0.1) is 0 Å². The summed E-state index contributed by atoms with van der Waals surface area (Å²) in [6.45, 7) is -0.217. The Morgan fingerprint density at radius 1 is 0.857 bits per heavy atom. The van der Waals surface area contributed by atoms with E-state index >= 15 is 0 Å². The molecule has 5 rings (SSSR count). The molecule has 1 saturated heterocycles. The van der Waals surface area contributed by atoms with Crippen LogP contribution in [0.15, 0.2) is 89.8 Å². The highest BCUT2D eigenvalue weighted by molar-refractivity contribution is 7.99. The molecule has 35 heavy (non-hydrogen) atoms. The van der Waals surface area contributed by atoms with Crippen LogP contribution in [0.3, 0.4) is 0 Å². The lowest BCUT2D eigenvalue weighted by molar-refractivity contribution is -0.203. The summed E-state index contributed by atoms with van der Waals surface area (Å²) in [6.07, 6.45) is -3.09. The smallest absolute Gasteiger partial charge is 0.262 e. The highest BCUT2D eigenvalue weighted by Gasteiger charge is 2.53. The van der Waals surface area contributed by atoms with E-state index in [-0.39, 0.29) is 6.61 Å². The Morgan fingerprint density at radius 2 is 1.43 bits per heavy atom. The SMILES string of the molecule is O=C1c2ccccc2C(=O)N1[C@@H]1[C@@H](O)[C@H](OCc2ccccc2)[C@@H](CO)O[C@H]1Sc1ccccc1. The third-order valence-corrected chi connectivity index (χ3v) is 7.39. The predicted molar refractivity (Wildman–Crippen MR) is 130 cm³/mol. The molecule has 3 aromatic carbocycles. The van der Waals surface area contributed by atoms with Crippen LogP contribution in [0.25, 0.3) is 0 Å². The van der Waals surface area contributed by atoms with Gasteiger partial charge in [-0.15, -0.1) is 0 Å². The Labute approximate surface area is 207 Å². The number of hydrogen-bond acceptors (Lipinski definition) is 7. The van der Waals surface area contributed by atoms with Crippen molar-refractivity contribution in [1.82, 2.24) is 4.90 Å². The average Bonchev–Trinajstić information content (AvgIpc) is 3.14. The maximum Gasteiger partial charge on any atom is 0.262 e. The van der Waals surface area contributed by atoms with E-state index in [4.69, 9.17) is 9.47 Å². The topological polar surface area (TPSA) is 96.3 Å². The van der Waals surface area contributed by atoms with Gasteiger partial charge in [0.2, 0.25) is 0 Å². The lowest BCUT2D eigenvalue weighted by atomic mass is 9.96. The standard InChI is InChI=1S/C27H25NO6S/c29-15-21-24(33-16-17-9-3-1-4-10-17)23(30)22(27(34-21)35-18-11-5-2-6-12-18)28-25(31)19-13-7-8-14-20(19)26(28)32/h1-14,21-24,27,29-30H,15-16H2/t21-,22-,23-,24-,27+/m1/s1. The maximum atomic E-state index is 13.3. The monoisotopic (exact) mass is 491 g/mol. The second-order valence-corrected chi connectivity index (χ2v) is 9.60. The number of aliphatic hydroxyl groups excluding tert-OH is 2. The van der Waals surface area contributed by atoms with Gasteiger partial charge in [-0.3, -0.25) is 14.5 Å². The van der Waals surface area contributed by atoms with Gasteiger partial charge in [-0.1, -0.05) is 72.4 Å². The van der Waals surface area contributed by atoms with Crippen molar-refractivity contribution in [2.75, 3.05) is 6.61 Å². The molecule has 0 aromatic heterocycles. The number of thioether (sulfide) groups is 1. The number of carbonyl (C=O) groups excluding carboxylic acids is 2. The van der Waals surface area contributed by atoms with E-state index in [2.05, 4.69) is 0 Å². The normalized spacial score (nSPS) is 26.1. The molecule has 2 N–H and O–H groups in total. The van der Waals surface area contributed by atoms with E-state index < -0.39 is 48.2 Å². The Morgan fingerprint density at radius 3 is 2.03 bits per heavy atom. The van der Waals surface area contributed by atoms with Gasteiger partial charge in [0.15, 0.2) is 0 Å². The van der Waals surface area contributed by atoms with Crippen LogP contribution in [0.1, 0.15) is 26.3 Å². The second-order valence-electron chi connectivity index (χ2n) is 8.42. The van der Waals surface area contributed by atoms with Crippen LogP contribution < -0.4 is 0 Å². The van der Waals surface area contributed by atoms with Crippen molar-refractivity contribution in [3.8, 4) is 0 Å². The number of carbonyl (C=O) groups is 2. The Bertz CT molecular complexity index is 1160. The first-order chi connectivity index (χ1) is 17.1. The van der Waals surface area contributed by atoms with Gasteiger partial charge < -0.3 is 19.7 Å². The molecule has 2 heterocycles. The number of hydrogen-bond donors (Lipinski definition) is 2. The Hall–Kier alpha value is -3.01. The van der Waals surface area contributed by atoms with Crippen molar-refractivity contribution in [1.29, 1.82) is 0 Å². The van der Waals surface area contributed by atoms with Gasteiger partial charge in [0, 0.05) is 4.90 Å². The lowest BCUT2D eigenvalue weighted by Crippen LogP contribution is -2.64. The number of rotatable bonds is 7. The van der Waals surface area contributed by atoms with Gasteiger partial charge in [0.1, 0.15) is 29.8 Å². The molecule has 0 spiro atoms. The van der Waals surface area contributed by atoms with Gasteiger partial charge >= 0.3 is 0 Å². The second kappa shape index (κ2) is 10.3. The highest BCUT2D eigenvalue weighted by Crippen LogP contribution is 2.39. The molecule has 2 amide bonds. The largest absolute Gasteiger partial charge is 0.394 e. The fourth-order valence-electron chi connectivity index (χ4n) is 4.51. The number of aliphatic hydroxyl groups is 2. The van der Waals surface area contributed by atoms with Crippen LogP contribution in [-0.4, -0.2) is 63.3 Å². The highest BCUT2D eigenvalue weighted by atomic mass is 32.2. The molecule has 1 fully saturated rings. The fraction of sp³-hybridized carbons (Fsp3) is 0.259. The minimum atomic E-state index is -1.28. The molecular formula is C27H25NO6S. The van der Waals surface area contributed by atoms with Crippen molar-refractivity contribution in [2.45, 2.75) is 41.3 Å². The number of nitrogens with zero attached hydrogens (tertiary/aromatic N) is 1. The summed E-state index contributed by atoms with van der Waals surface area (Å²) in [6, 6.07) is 24.4. The molecule has 8 heteroatoms. The fourth-order valence-corrected chi connectivity index (χ4v) is 5.71. The molecule has 3 aromatic rings. The Balaban J connectivity index is 1.48. The molecule has 0 saturated carbocycles. The van der Waals surface area contributed by atoms with Crippen molar-refractivity contribution in [3.05, 3.63) is 102 Å². The average molecular weight is 492 g/mol.